The molecule has 5 rings (SSSR count). The Labute approximate surface area is 210 Å². The molecule has 1 aromatic heterocycles. The van der Waals surface area contributed by atoms with E-state index in [1.54, 1.807) is 0 Å². The molecule has 2 atom stereocenters. The quantitative estimate of drug-likeness (QED) is 0.335. The summed E-state index contributed by atoms with van der Waals surface area (Å²) in [5.41, 5.74) is 5.90. The Morgan fingerprint density at radius 3 is 2.42 bits per heavy atom. The highest BCUT2D eigenvalue weighted by atomic mass is 16.6. The first-order chi connectivity index (χ1) is 17.4. The fraction of sp³-hybridized carbons (Fsp3) is 0.321. The molecule has 184 valence electrons. The SMILES string of the molecule is CCn1cc([N+](=O)[O-])c(C(=O)N2N=C3/C(=C/c4ccc(C)cc4)CCC[C@@H]3[C@@H]2c2ccc(C)cc2)n1. The minimum atomic E-state index is -0.549. The van der Waals surface area contributed by atoms with E-state index in [0.29, 0.717) is 6.54 Å². The van der Waals surface area contributed by atoms with Gasteiger partial charge < -0.3 is 0 Å². The number of carbonyl (C=O) groups is 1. The van der Waals surface area contributed by atoms with Gasteiger partial charge >= 0.3 is 11.6 Å². The maximum atomic E-state index is 13.8. The average Bonchev–Trinajstić information content (AvgIpc) is 3.49. The van der Waals surface area contributed by atoms with Crippen LogP contribution in [0.4, 0.5) is 5.69 Å². The van der Waals surface area contributed by atoms with E-state index < -0.39 is 10.8 Å². The molecule has 0 spiro atoms. The summed E-state index contributed by atoms with van der Waals surface area (Å²) in [5.74, 6) is -0.537. The summed E-state index contributed by atoms with van der Waals surface area (Å²) < 4.78 is 1.42. The van der Waals surface area contributed by atoms with Crippen molar-refractivity contribution in [1.29, 1.82) is 0 Å². The zero-order chi connectivity index (χ0) is 25.4. The molecular weight excluding hydrogens is 454 g/mol. The number of benzene rings is 2. The number of aromatic nitrogens is 2. The van der Waals surface area contributed by atoms with E-state index in [0.717, 1.165) is 47.2 Å². The second-order valence-electron chi connectivity index (χ2n) is 9.55. The Morgan fingerprint density at radius 1 is 1.11 bits per heavy atom. The molecule has 2 aromatic carbocycles. The molecule has 8 heteroatoms. The fourth-order valence-electron chi connectivity index (χ4n) is 5.10. The molecule has 0 unspecified atom stereocenters. The van der Waals surface area contributed by atoms with Crippen LogP contribution in [0.25, 0.3) is 6.08 Å². The summed E-state index contributed by atoms with van der Waals surface area (Å²) in [7, 11) is 0. The van der Waals surface area contributed by atoms with Crippen LogP contribution < -0.4 is 0 Å². The van der Waals surface area contributed by atoms with Crippen LogP contribution in [0.5, 0.6) is 0 Å². The number of hydrogen-bond donors (Lipinski definition) is 0. The molecule has 2 aliphatic rings. The number of carbonyl (C=O) groups excluding carboxylic acids is 1. The Morgan fingerprint density at radius 2 is 1.78 bits per heavy atom. The van der Waals surface area contributed by atoms with Gasteiger partial charge in [0.2, 0.25) is 5.69 Å². The van der Waals surface area contributed by atoms with Gasteiger partial charge in [-0.2, -0.15) is 10.2 Å². The number of nitrogens with zero attached hydrogens (tertiary/aromatic N) is 5. The summed E-state index contributed by atoms with van der Waals surface area (Å²) in [6.07, 6.45) is 6.21. The van der Waals surface area contributed by atoms with Crippen molar-refractivity contribution >= 4 is 23.4 Å². The van der Waals surface area contributed by atoms with Gasteiger partial charge in [0.05, 0.1) is 16.7 Å². The van der Waals surface area contributed by atoms with Gasteiger partial charge in [-0.3, -0.25) is 19.6 Å². The van der Waals surface area contributed by atoms with Crippen molar-refractivity contribution in [3.8, 4) is 0 Å². The van der Waals surface area contributed by atoms with Gasteiger partial charge in [-0.15, -0.1) is 0 Å². The molecule has 0 saturated heterocycles. The van der Waals surface area contributed by atoms with Crippen LogP contribution in [0.3, 0.4) is 0 Å². The Kier molecular flexibility index (Phi) is 6.26. The molecule has 1 aliphatic heterocycles. The van der Waals surface area contributed by atoms with Crippen LogP contribution in [0.15, 0.2) is 65.4 Å². The highest BCUT2D eigenvalue weighted by Crippen LogP contribution is 2.45. The second-order valence-corrected chi connectivity index (χ2v) is 9.55. The molecule has 0 bridgehead atoms. The molecule has 2 heterocycles. The van der Waals surface area contributed by atoms with Gasteiger partial charge in [-0.1, -0.05) is 59.7 Å². The summed E-state index contributed by atoms with van der Waals surface area (Å²) in [5, 5.41) is 22.3. The molecule has 3 aromatic rings. The van der Waals surface area contributed by atoms with Crippen LogP contribution in [0.2, 0.25) is 0 Å². The van der Waals surface area contributed by atoms with Crippen LogP contribution in [-0.2, 0) is 6.54 Å². The van der Waals surface area contributed by atoms with Crippen molar-refractivity contribution in [2.45, 2.75) is 52.6 Å². The van der Waals surface area contributed by atoms with Gasteiger partial charge in [0.1, 0.15) is 6.20 Å². The topological polar surface area (TPSA) is 93.6 Å². The molecule has 0 N–H and O–H groups in total. The highest BCUT2D eigenvalue weighted by Gasteiger charge is 2.45. The largest absolute Gasteiger partial charge is 0.320 e. The zero-order valence-electron chi connectivity index (χ0n) is 20.7. The lowest BCUT2D eigenvalue weighted by Gasteiger charge is -2.29. The van der Waals surface area contributed by atoms with Crippen molar-refractivity contribution in [2.75, 3.05) is 0 Å². The Hall–Kier alpha value is -4.07. The van der Waals surface area contributed by atoms with Crippen LogP contribution in [0, 0.1) is 29.9 Å². The standard InChI is InChI=1S/C28H29N5O3/c1-4-31-17-24(33(35)36)26(29-31)28(34)32-27(21-14-10-19(3)11-15-21)23-7-5-6-22(25(23)30-32)16-20-12-8-18(2)9-13-20/h8-17,23,27H,4-7H2,1-3H3/b22-16+/t23-,27-/m0/s1. The maximum absolute atomic E-state index is 13.8. The lowest BCUT2D eigenvalue weighted by atomic mass is 9.77. The van der Waals surface area contributed by atoms with Crippen LogP contribution in [0.1, 0.15) is 65.0 Å². The second kappa shape index (κ2) is 9.53. The van der Waals surface area contributed by atoms with Crippen molar-refractivity contribution < 1.29 is 9.72 Å². The molecule has 8 nitrogen and oxygen atoms in total. The van der Waals surface area contributed by atoms with E-state index in [-0.39, 0.29) is 23.3 Å². The summed E-state index contributed by atoms with van der Waals surface area (Å²) >= 11 is 0. The molecule has 1 saturated carbocycles. The Bertz CT molecular complexity index is 1370. The normalized spacial score (nSPS) is 20.4. The van der Waals surface area contributed by atoms with E-state index >= 15 is 0 Å². The number of hydrazone groups is 1. The van der Waals surface area contributed by atoms with Crippen LogP contribution in [-0.4, -0.2) is 31.3 Å². The van der Waals surface area contributed by atoms with E-state index in [1.807, 2.05) is 38.1 Å². The van der Waals surface area contributed by atoms with Crippen molar-refractivity contribution in [1.82, 2.24) is 14.8 Å². The van der Waals surface area contributed by atoms with E-state index in [4.69, 9.17) is 5.10 Å². The first kappa shape index (κ1) is 23.7. The van der Waals surface area contributed by atoms with Gasteiger partial charge in [-0.25, -0.2) is 5.01 Å². The van der Waals surface area contributed by atoms with Crippen LogP contribution >= 0.6 is 0 Å². The first-order valence-electron chi connectivity index (χ1n) is 12.3. The number of fused-ring (bicyclic) bond motifs is 1. The van der Waals surface area contributed by atoms with Gasteiger partial charge in [-0.05, 0) is 62.8 Å². The molecule has 1 fully saturated rings. The predicted octanol–water partition coefficient (Wildman–Crippen LogP) is 5.86. The number of hydrogen-bond acceptors (Lipinski definition) is 5. The third-order valence-corrected chi connectivity index (χ3v) is 7.01. The van der Waals surface area contributed by atoms with Crippen molar-refractivity contribution in [3.05, 3.63) is 98.4 Å². The minimum Gasteiger partial charge on any atom is -0.265 e. The number of allylic oxidation sites excluding steroid dienone is 1. The number of amides is 1. The monoisotopic (exact) mass is 483 g/mol. The molecule has 1 aliphatic carbocycles. The van der Waals surface area contributed by atoms with Gasteiger partial charge in [0.25, 0.3) is 0 Å². The average molecular weight is 484 g/mol. The van der Waals surface area contributed by atoms with Crippen molar-refractivity contribution in [3.63, 3.8) is 0 Å². The minimum absolute atomic E-state index is 0.00872. The summed E-state index contributed by atoms with van der Waals surface area (Å²) in [4.78, 5) is 25.0. The maximum Gasteiger partial charge on any atom is 0.320 e. The molecule has 1 amide bonds. The van der Waals surface area contributed by atoms with E-state index in [2.05, 4.69) is 42.4 Å². The summed E-state index contributed by atoms with van der Waals surface area (Å²) in [6.45, 7) is 6.33. The number of aryl methyl sites for hydroxylation is 3. The van der Waals surface area contributed by atoms with Gasteiger partial charge in [0.15, 0.2) is 0 Å². The zero-order valence-corrected chi connectivity index (χ0v) is 20.7. The third kappa shape index (κ3) is 4.34. The smallest absolute Gasteiger partial charge is 0.265 e. The lowest BCUT2D eigenvalue weighted by molar-refractivity contribution is -0.385. The van der Waals surface area contributed by atoms with E-state index in [9.17, 15) is 14.9 Å². The fourth-order valence-corrected chi connectivity index (χ4v) is 5.10. The van der Waals surface area contributed by atoms with Crippen molar-refractivity contribution in [2.24, 2.45) is 11.0 Å². The molecule has 0 radical (unpaired) electrons. The highest BCUT2D eigenvalue weighted by molar-refractivity contribution is 6.09. The molecular formula is C28H29N5O3. The molecule has 36 heavy (non-hydrogen) atoms. The van der Waals surface area contributed by atoms with Gasteiger partial charge in [0, 0.05) is 12.5 Å². The van der Waals surface area contributed by atoms with E-state index in [1.165, 1.54) is 21.5 Å². The first-order valence-corrected chi connectivity index (χ1v) is 12.3. The lowest BCUT2D eigenvalue weighted by Crippen LogP contribution is -2.32. The number of nitro groups is 1. The summed E-state index contributed by atoms with van der Waals surface area (Å²) in [6, 6.07) is 16.1. The third-order valence-electron chi connectivity index (χ3n) is 7.01. The number of rotatable bonds is 5. The Balaban J connectivity index is 1.60. The predicted molar refractivity (Wildman–Crippen MR) is 139 cm³/mol.